The lowest BCUT2D eigenvalue weighted by atomic mass is 9.82. The number of carbonyl (C=O) groups excluding carboxylic acids is 4. The van der Waals surface area contributed by atoms with Gasteiger partial charge in [0.2, 0.25) is 17.8 Å². The Morgan fingerprint density at radius 2 is 0.860 bits per heavy atom. The second-order valence-electron chi connectivity index (χ2n) is 14.4. The molecule has 0 amide bonds. The quantitative estimate of drug-likeness (QED) is 0.132. The number of anilines is 5. The number of benzene rings is 4. The Balaban J connectivity index is 1.35. The van der Waals surface area contributed by atoms with E-state index in [-0.39, 0.29) is 79.9 Å². The van der Waals surface area contributed by atoms with Gasteiger partial charge >= 0.3 is 0 Å². The van der Waals surface area contributed by atoms with Crippen LogP contribution in [0.2, 0.25) is 0 Å². The molecule has 0 saturated carbocycles. The number of fused-ring (bicyclic) bond motifs is 4. The van der Waals surface area contributed by atoms with Gasteiger partial charge in [-0.15, -0.1) is 0 Å². The first-order chi connectivity index (χ1) is 27.5. The number of aromatic nitrogens is 3. The van der Waals surface area contributed by atoms with Crippen LogP contribution >= 0.6 is 0 Å². The zero-order valence-electron chi connectivity index (χ0n) is 32.8. The molecule has 0 spiro atoms. The van der Waals surface area contributed by atoms with Crippen molar-refractivity contribution >= 4 is 52.4 Å². The van der Waals surface area contributed by atoms with Crippen LogP contribution in [0.4, 0.5) is 29.2 Å². The summed E-state index contributed by atoms with van der Waals surface area (Å²) in [4.78, 5) is 76.7. The number of nitrogens with zero attached hydrogens (tertiary/aromatic N) is 6. The first kappa shape index (κ1) is 38.8. The lowest BCUT2D eigenvalue weighted by Gasteiger charge is -2.26. The topological polar surface area (TPSA) is 159 Å². The van der Waals surface area contributed by atoms with Gasteiger partial charge in [0.15, 0.2) is 23.1 Å². The van der Waals surface area contributed by atoms with Crippen LogP contribution in [-0.2, 0) is 0 Å². The molecule has 2 aliphatic carbocycles. The highest BCUT2D eigenvalue weighted by Gasteiger charge is 2.36. The molecule has 0 atom stereocenters. The van der Waals surface area contributed by atoms with E-state index in [1.54, 1.807) is 72.8 Å². The highest BCUT2D eigenvalue weighted by atomic mass is 16.5. The van der Waals surface area contributed by atoms with Crippen molar-refractivity contribution in [3.63, 3.8) is 0 Å². The molecule has 57 heavy (non-hydrogen) atoms. The number of methoxy groups -OCH3 is 2. The summed E-state index contributed by atoms with van der Waals surface area (Å²) in [7, 11) is 11.0. The molecule has 7 rings (SSSR count). The molecule has 1 aromatic heterocycles. The van der Waals surface area contributed by atoms with E-state index in [0.29, 0.717) is 41.5 Å². The number of nitrogens with one attached hydrogen (secondary N) is 2. The van der Waals surface area contributed by atoms with Gasteiger partial charge in [0.1, 0.15) is 11.5 Å². The van der Waals surface area contributed by atoms with Crippen molar-refractivity contribution in [3.05, 3.63) is 117 Å². The molecule has 0 fully saturated rings. The van der Waals surface area contributed by atoms with E-state index >= 15 is 0 Å². The Morgan fingerprint density at radius 3 is 1.21 bits per heavy atom. The van der Waals surface area contributed by atoms with Gasteiger partial charge in [0.25, 0.3) is 0 Å². The molecule has 5 aromatic rings. The molecule has 4 aromatic carbocycles. The molecule has 2 N–H and O–H groups in total. The molecule has 292 valence electrons. The summed E-state index contributed by atoms with van der Waals surface area (Å²) in [5, 5.41) is 6.46. The van der Waals surface area contributed by atoms with Gasteiger partial charge in [-0.2, -0.15) is 15.0 Å². The molecule has 1 heterocycles. The van der Waals surface area contributed by atoms with Crippen molar-refractivity contribution in [1.29, 1.82) is 0 Å². The van der Waals surface area contributed by atoms with Crippen LogP contribution in [0.3, 0.4) is 0 Å². The lowest BCUT2D eigenvalue weighted by Crippen LogP contribution is -2.32. The van der Waals surface area contributed by atoms with Gasteiger partial charge in [-0.25, -0.2) is 0 Å². The summed E-state index contributed by atoms with van der Waals surface area (Å²) in [5.41, 5.74) is 2.30. The molecule has 0 radical (unpaired) electrons. The Kier molecular flexibility index (Phi) is 11.1. The van der Waals surface area contributed by atoms with Crippen molar-refractivity contribution in [2.75, 3.05) is 84.1 Å². The summed E-state index contributed by atoms with van der Waals surface area (Å²) in [6.07, 6.45) is 1.63. The Labute approximate surface area is 330 Å². The van der Waals surface area contributed by atoms with Crippen LogP contribution in [0.1, 0.15) is 76.5 Å². The smallest absolute Gasteiger partial charge is 0.233 e. The van der Waals surface area contributed by atoms with E-state index in [2.05, 4.69) is 25.3 Å². The lowest BCUT2D eigenvalue weighted by molar-refractivity contribution is 0.0977. The summed E-state index contributed by atoms with van der Waals surface area (Å²) >= 11 is 0. The minimum atomic E-state index is -0.350. The fraction of sp³-hybridized carbons (Fsp3) is 0.279. The summed E-state index contributed by atoms with van der Waals surface area (Å²) in [6.45, 7) is 2.91. The molecule has 14 nitrogen and oxygen atoms in total. The van der Waals surface area contributed by atoms with Crippen LogP contribution in [0.5, 0.6) is 11.5 Å². The SMILES string of the molecule is COc1ccc(Nc2nc(Nc3ccc(OC)c4c3C(=O)c3ccccc3C4=O)nc(N(CCCN(C)C)CCCN(C)C)n2)c2c1C(=O)c1ccccc1C2=O. The van der Waals surface area contributed by atoms with E-state index in [9.17, 15) is 19.2 Å². The second-order valence-corrected chi connectivity index (χ2v) is 14.4. The van der Waals surface area contributed by atoms with Crippen LogP contribution in [-0.4, -0.2) is 116 Å². The highest BCUT2D eigenvalue weighted by Crippen LogP contribution is 2.40. The standard InChI is InChI=1S/C43H44N8O6/c1-49(2)21-11-23-51(24-12-22-50(3)4)43-47-41(44-29-17-19-31(56-5)35-33(29)37(52)25-13-7-9-15-27(25)39(35)54)46-42(48-43)45-30-18-20-32(57-6)36-34(30)38(53)26-14-8-10-16-28(26)40(36)55/h7-10,13-20H,11-12,21-24H2,1-6H3,(H2,44,45,46,47,48). The van der Waals surface area contributed by atoms with Crippen LogP contribution in [0, 0.1) is 0 Å². The number of hydrogen-bond donors (Lipinski definition) is 2. The normalized spacial score (nSPS) is 12.9. The third-order valence-electron chi connectivity index (χ3n) is 9.98. The van der Waals surface area contributed by atoms with Crippen molar-refractivity contribution in [3.8, 4) is 11.5 Å². The van der Waals surface area contributed by atoms with Crippen molar-refractivity contribution in [2.24, 2.45) is 0 Å². The van der Waals surface area contributed by atoms with E-state index < -0.39 is 0 Å². The molecule has 0 unspecified atom stereocenters. The number of rotatable bonds is 15. The summed E-state index contributed by atoms with van der Waals surface area (Å²) in [5.74, 6) is -0.343. The van der Waals surface area contributed by atoms with Gasteiger partial charge in [-0.3, -0.25) is 19.2 Å². The van der Waals surface area contributed by atoms with Gasteiger partial charge < -0.3 is 34.8 Å². The Morgan fingerprint density at radius 1 is 0.491 bits per heavy atom. The second kappa shape index (κ2) is 16.3. The predicted molar refractivity (Wildman–Crippen MR) is 218 cm³/mol. The minimum absolute atomic E-state index is 0.0781. The van der Waals surface area contributed by atoms with Gasteiger partial charge in [0, 0.05) is 35.3 Å². The molecule has 0 saturated heterocycles. The van der Waals surface area contributed by atoms with E-state index in [4.69, 9.17) is 24.4 Å². The van der Waals surface area contributed by atoms with Gasteiger partial charge in [-0.1, -0.05) is 48.5 Å². The molecular weight excluding hydrogens is 725 g/mol. The predicted octanol–water partition coefficient (Wildman–Crippen LogP) is 5.64. The number of hydrogen-bond acceptors (Lipinski definition) is 14. The molecule has 14 heteroatoms. The molecular formula is C43H44N8O6. The highest BCUT2D eigenvalue weighted by molar-refractivity contribution is 6.32. The average molecular weight is 769 g/mol. The van der Waals surface area contributed by atoms with Crippen molar-refractivity contribution < 1.29 is 28.7 Å². The summed E-state index contributed by atoms with van der Waals surface area (Å²) < 4.78 is 11.1. The van der Waals surface area contributed by atoms with E-state index in [0.717, 1.165) is 25.9 Å². The maximum Gasteiger partial charge on any atom is 0.233 e. The first-order valence-corrected chi connectivity index (χ1v) is 18.6. The van der Waals surface area contributed by atoms with Crippen LogP contribution < -0.4 is 25.0 Å². The van der Waals surface area contributed by atoms with Gasteiger partial charge in [-0.05, 0) is 78.4 Å². The third kappa shape index (κ3) is 7.56. The number of carbonyl (C=O) groups is 4. The number of ether oxygens (including phenoxy) is 2. The van der Waals surface area contributed by atoms with Gasteiger partial charge in [0.05, 0.1) is 47.8 Å². The Hall–Kier alpha value is -6.51. The van der Waals surface area contributed by atoms with E-state index in [1.165, 1.54) is 14.2 Å². The third-order valence-corrected chi connectivity index (χ3v) is 9.98. The zero-order valence-corrected chi connectivity index (χ0v) is 32.8. The van der Waals surface area contributed by atoms with Crippen LogP contribution in [0.25, 0.3) is 0 Å². The maximum absolute atomic E-state index is 14.1. The van der Waals surface area contributed by atoms with E-state index in [1.807, 2.05) is 28.2 Å². The number of ketones is 4. The maximum atomic E-state index is 14.1. The van der Waals surface area contributed by atoms with Crippen LogP contribution in [0.15, 0.2) is 72.8 Å². The molecule has 2 aliphatic rings. The monoisotopic (exact) mass is 768 g/mol. The molecule has 0 bridgehead atoms. The average Bonchev–Trinajstić information content (AvgIpc) is 3.20. The minimum Gasteiger partial charge on any atom is -0.496 e. The zero-order chi connectivity index (χ0) is 40.4. The van der Waals surface area contributed by atoms with Crippen molar-refractivity contribution in [1.82, 2.24) is 24.8 Å². The largest absolute Gasteiger partial charge is 0.496 e. The fourth-order valence-electron chi connectivity index (χ4n) is 7.26. The van der Waals surface area contributed by atoms with Crippen molar-refractivity contribution in [2.45, 2.75) is 12.8 Å². The first-order valence-electron chi connectivity index (χ1n) is 18.6. The Bertz CT molecular complexity index is 2250. The molecule has 0 aliphatic heterocycles. The fourth-order valence-corrected chi connectivity index (χ4v) is 7.26. The summed E-state index contributed by atoms with van der Waals surface area (Å²) in [6, 6.07) is 19.9.